The molecule has 2 aliphatic rings. The van der Waals surface area contributed by atoms with Gasteiger partial charge in [-0.25, -0.2) is 9.37 Å². The SMILES string of the molecule is Fc1cccc(-c2nc(CN3CC[C@@H]4CCCC[C@@H]4C3)co2)c1. The van der Waals surface area contributed by atoms with Gasteiger partial charge in [0.1, 0.15) is 12.1 Å². The number of hydrogen-bond donors (Lipinski definition) is 0. The van der Waals surface area contributed by atoms with Gasteiger partial charge >= 0.3 is 0 Å². The van der Waals surface area contributed by atoms with Crippen LogP contribution in [0.3, 0.4) is 0 Å². The third kappa shape index (κ3) is 3.32. The molecule has 1 saturated heterocycles. The summed E-state index contributed by atoms with van der Waals surface area (Å²) in [6, 6.07) is 6.40. The molecule has 1 aliphatic heterocycles. The molecule has 0 unspecified atom stereocenters. The summed E-state index contributed by atoms with van der Waals surface area (Å²) in [5.74, 6) is 2.06. The largest absolute Gasteiger partial charge is 0.444 e. The Morgan fingerprint density at radius 1 is 1.17 bits per heavy atom. The van der Waals surface area contributed by atoms with E-state index in [1.165, 1.54) is 50.8 Å². The summed E-state index contributed by atoms with van der Waals surface area (Å²) < 4.78 is 18.9. The van der Waals surface area contributed by atoms with Gasteiger partial charge in [0.15, 0.2) is 0 Å². The second-order valence-electron chi connectivity index (χ2n) is 6.98. The van der Waals surface area contributed by atoms with E-state index in [9.17, 15) is 4.39 Å². The smallest absolute Gasteiger partial charge is 0.226 e. The maximum atomic E-state index is 13.3. The number of nitrogens with zero attached hydrogens (tertiary/aromatic N) is 2. The number of piperidine rings is 1. The van der Waals surface area contributed by atoms with E-state index >= 15 is 0 Å². The summed E-state index contributed by atoms with van der Waals surface area (Å²) in [6.07, 6.45) is 8.65. The Kier molecular flexibility index (Phi) is 4.17. The summed E-state index contributed by atoms with van der Waals surface area (Å²) in [5, 5.41) is 0. The van der Waals surface area contributed by atoms with Gasteiger partial charge in [-0.2, -0.15) is 0 Å². The molecule has 122 valence electrons. The summed E-state index contributed by atoms with van der Waals surface area (Å²) in [4.78, 5) is 7.04. The normalized spacial score (nSPS) is 25.3. The third-order valence-electron chi connectivity index (χ3n) is 5.38. The minimum atomic E-state index is -0.262. The molecule has 23 heavy (non-hydrogen) atoms. The predicted molar refractivity (Wildman–Crippen MR) is 87.2 cm³/mol. The molecule has 1 aromatic carbocycles. The van der Waals surface area contributed by atoms with Crippen molar-refractivity contribution in [2.24, 2.45) is 11.8 Å². The molecule has 4 heteroatoms. The van der Waals surface area contributed by atoms with Crippen molar-refractivity contribution in [2.45, 2.75) is 38.6 Å². The lowest BCUT2D eigenvalue weighted by atomic mass is 9.75. The van der Waals surface area contributed by atoms with Gasteiger partial charge in [-0.1, -0.05) is 25.3 Å². The maximum Gasteiger partial charge on any atom is 0.226 e. The number of likely N-dealkylation sites (tertiary alicyclic amines) is 1. The van der Waals surface area contributed by atoms with E-state index in [4.69, 9.17) is 4.42 Å². The van der Waals surface area contributed by atoms with Crippen molar-refractivity contribution in [2.75, 3.05) is 13.1 Å². The van der Waals surface area contributed by atoms with Crippen LogP contribution < -0.4 is 0 Å². The van der Waals surface area contributed by atoms with Crippen molar-refractivity contribution >= 4 is 0 Å². The molecular weight excluding hydrogens is 291 g/mol. The quantitative estimate of drug-likeness (QED) is 0.835. The Bertz CT molecular complexity index is 669. The van der Waals surface area contributed by atoms with Crippen LogP contribution in [0.4, 0.5) is 4.39 Å². The zero-order chi connectivity index (χ0) is 15.6. The second-order valence-corrected chi connectivity index (χ2v) is 6.98. The maximum absolute atomic E-state index is 13.3. The van der Waals surface area contributed by atoms with Gasteiger partial charge in [0.25, 0.3) is 0 Å². The van der Waals surface area contributed by atoms with Gasteiger partial charge in [-0.05, 0) is 49.4 Å². The van der Waals surface area contributed by atoms with Crippen LogP contribution >= 0.6 is 0 Å². The molecule has 4 rings (SSSR count). The van der Waals surface area contributed by atoms with Crippen LogP contribution in [0.5, 0.6) is 0 Å². The predicted octanol–water partition coefficient (Wildman–Crippen LogP) is 4.49. The first-order chi connectivity index (χ1) is 11.3. The molecule has 0 spiro atoms. The number of hydrogen-bond acceptors (Lipinski definition) is 3. The van der Waals surface area contributed by atoms with Crippen molar-refractivity contribution in [3.63, 3.8) is 0 Å². The fraction of sp³-hybridized carbons (Fsp3) is 0.526. The minimum absolute atomic E-state index is 0.262. The standard InChI is InChI=1S/C19H23FN2O/c20-17-7-3-6-15(10-17)19-21-18(13-23-19)12-22-9-8-14-4-1-2-5-16(14)11-22/h3,6-7,10,13-14,16H,1-2,4-5,8-9,11-12H2/t14-,16+/m0/s1. The van der Waals surface area contributed by atoms with Crippen molar-refractivity contribution in [1.29, 1.82) is 0 Å². The van der Waals surface area contributed by atoms with Gasteiger partial charge in [0, 0.05) is 18.7 Å². The molecule has 1 saturated carbocycles. The van der Waals surface area contributed by atoms with Gasteiger partial charge in [0.05, 0.1) is 5.69 Å². The first-order valence-corrected chi connectivity index (χ1v) is 8.70. The number of halogens is 1. The first-order valence-electron chi connectivity index (χ1n) is 8.70. The molecule has 0 bridgehead atoms. The highest BCUT2D eigenvalue weighted by Crippen LogP contribution is 2.36. The Balaban J connectivity index is 1.42. The van der Waals surface area contributed by atoms with E-state index in [0.717, 1.165) is 30.6 Å². The van der Waals surface area contributed by atoms with Crippen LogP contribution in [0.25, 0.3) is 11.5 Å². The van der Waals surface area contributed by atoms with E-state index in [0.29, 0.717) is 11.5 Å². The van der Waals surface area contributed by atoms with Crippen molar-refractivity contribution in [3.05, 3.63) is 42.0 Å². The van der Waals surface area contributed by atoms with Crippen LogP contribution in [0, 0.1) is 17.7 Å². The molecule has 3 nitrogen and oxygen atoms in total. The Hall–Kier alpha value is -1.68. The number of rotatable bonds is 3. The average molecular weight is 314 g/mol. The number of aromatic nitrogens is 1. The molecule has 2 atom stereocenters. The molecule has 1 aliphatic carbocycles. The second kappa shape index (κ2) is 6.44. The molecular formula is C19H23FN2O. The average Bonchev–Trinajstić information content (AvgIpc) is 3.03. The van der Waals surface area contributed by atoms with E-state index in [2.05, 4.69) is 9.88 Å². The van der Waals surface area contributed by atoms with Crippen LogP contribution in [-0.2, 0) is 6.54 Å². The third-order valence-corrected chi connectivity index (χ3v) is 5.38. The van der Waals surface area contributed by atoms with Crippen molar-refractivity contribution in [3.8, 4) is 11.5 Å². The monoisotopic (exact) mass is 314 g/mol. The van der Waals surface area contributed by atoms with Crippen LogP contribution in [-0.4, -0.2) is 23.0 Å². The summed E-state index contributed by atoms with van der Waals surface area (Å²) in [6.45, 7) is 3.18. The molecule has 0 amide bonds. The van der Waals surface area contributed by atoms with E-state index in [1.807, 2.05) is 6.07 Å². The number of benzene rings is 1. The molecule has 2 aromatic rings. The fourth-order valence-corrected chi connectivity index (χ4v) is 4.18. The lowest BCUT2D eigenvalue weighted by Crippen LogP contribution is -2.41. The molecule has 0 N–H and O–H groups in total. The highest BCUT2D eigenvalue weighted by atomic mass is 19.1. The summed E-state index contributed by atoms with van der Waals surface area (Å²) in [7, 11) is 0. The number of fused-ring (bicyclic) bond motifs is 1. The van der Waals surface area contributed by atoms with Crippen molar-refractivity contribution < 1.29 is 8.81 Å². The zero-order valence-electron chi connectivity index (χ0n) is 13.4. The van der Waals surface area contributed by atoms with Gasteiger partial charge in [-0.15, -0.1) is 0 Å². The minimum Gasteiger partial charge on any atom is -0.444 e. The van der Waals surface area contributed by atoms with Crippen LogP contribution in [0.1, 0.15) is 37.8 Å². The fourth-order valence-electron chi connectivity index (χ4n) is 4.18. The van der Waals surface area contributed by atoms with E-state index in [-0.39, 0.29) is 5.82 Å². The Morgan fingerprint density at radius 3 is 2.91 bits per heavy atom. The topological polar surface area (TPSA) is 29.3 Å². The molecule has 0 radical (unpaired) electrons. The number of oxazole rings is 1. The molecule has 1 aromatic heterocycles. The van der Waals surface area contributed by atoms with Crippen LogP contribution in [0.15, 0.2) is 34.9 Å². The summed E-state index contributed by atoms with van der Waals surface area (Å²) in [5.41, 5.74) is 1.64. The van der Waals surface area contributed by atoms with Crippen LogP contribution in [0.2, 0.25) is 0 Å². The Labute approximate surface area is 136 Å². The van der Waals surface area contributed by atoms with Gasteiger partial charge in [0.2, 0.25) is 5.89 Å². The van der Waals surface area contributed by atoms with Gasteiger partial charge in [-0.3, -0.25) is 4.90 Å². The van der Waals surface area contributed by atoms with Gasteiger partial charge < -0.3 is 4.42 Å². The zero-order valence-corrected chi connectivity index (χ0v) is 13.4. The molecule has 2 heterocycles. The lowest BCUT2D eigenvalue weighted by molar-refractivity contribution is 0.0812. The van der Waals surface area contributed by atoms with Crippen molar-refractivity contribution in [1.82, 2.24) is 9.88 Å². The van der Waals surface area contributed by atoms with E-state index in [1.54, 1.807) is 12.3 Å². The first kappa shape index (κ1) is 14.9. The summed E-state index contributed by atoms with van der Waals surface area (Å²) >= 11 is 0. The Morgan fingerprint density at radius 2 is 2.04 bits per heavy atom. The highest BCUT2D eigenvalue weighted by Gasteiger charge is 2.31. The highest BCUT2D eigenvalue weighted by molar-refractivity contribution is 5.52. The lowest BCUT2D eigenvalue weighted by Gasteiger charge is -2.41. The van der Waals surface area contributed by atoms with E-state index < -0.39 is 0 Å². The molecule has 2 fully saturated rings.